The van der Waals surface area contributed by atoms with E-state index in [0.29, 0.717) is 48.1 Å². The number of anilines is 1. The topological polar surface area (TPSA) is 67.9 Å². The lowest BCUT2D eigenvalue weighted by molar-refractivity contribution is -0.137. The molecule has 1 N–H and O–H groups in total. The van der Waals surface area contributed by atoms with Crippen LogP contribution in [0, 0.1) is 11.8 Å². The number of nitrogens with one attached hydrogen (secondary N) is 1. The molecule has 1 fully saturated rings. The zero-order valence-corrected chi connectivity index (χ0v) is 15.9. The Morgan fingerprint density at radius 2 is 1.76 bits per heavy atom. The Balaban J connectivity index is 2.03. The monoisotopic (exact) mass is 368 g/mol. The number of hydrogen-bond donors (Lipinski definition) is 1. The molecule has 1 aromatic carbocycles. The molecular weight excluding hydrogens is 344 g/mol. The molecule has 0 aromatic heterocycles. The van der Waals surface area contributed by atoms with Crippen LogP contribution in [0.3, 0.4) is 0 Å². The van der Waals surface area contributed by atoms with E-state index in [1.54, 1.807) is 12.1 Å². The summed E-state index contributed by atoms with van der Waals surface area (Å²) in [5.74, 6) is 0.850. The van der Waals surface area contributed by atoms with Crippen LogP contribution in [0.25, 0.3) is 0 Å². The summed E-state index contributed by atoms with van der Waals surface area (Å²) < 4.78 is 10.5. The number of carbonyl (C=O) groups excluding carboxylic acids is 2. The first-order valence-corrected chi connectivity index (χ1v) is 8.76. The van der Waals surface area contributed by atoms with Crippen LogP contribution in [-0.4, -0.2) is 44.0 Å². The molecule has 2 amide bonds. The van der Waals surface area contributed by atoms with E-state index in [9.17, 15) is 9.59 Å². The Morgan fingerprint density at radius 1 is 1.16 bits per heavy atom. The van der Waals surface area contributed by atoms with Gasteiger partial charge in [-0.3, -0.25) is 9.59 Å². The summed E-state index contributed by atoms with van der Waals surface area (Å²) in [7, 11) is 3.03. The molecule has 2 rings (SSSR count). The normalized spacial score (nSPS) is 15.2. The minimum Gasteiger partial charge on any atom is -0.495 e. The van der Waals surface area contributed by atoms with Gasteiger partial charge in [0, 0.05) is 37.1 Å². The van der Waals surface area contributed by atoms with Crippen LogP contribution >= 0.6 is 11.6 Å². The first-order chi connectivity index (χ1) is 11.9. The van der Waals surface area contributed by atoms with Crippen molar-refractivity contribution in [2.45, 2.75) is 26.7 Å². The molecule has 0 saturated carbocycles. The van der Waals surface area contributed by atoms with Crippen molar-refractivity contribution in [3.8, 4) is 11.5 Å². The molecule has 1 aromatic rings. The number of piperidine rings is 1. The number of carbonyl (C=O) groups is 2. The Labute approximate surface area is 153 Å². The van der Waals surface area contributed by atoms with Crippen LogP contribution in [0.2, 0.25) is 5.02 Å². The highest BCUT2D eigenvalue weighted by Crippen LogP contribution is 2.36. The number of benzene rings is 1. The number of amides is 2. The quantitative estimate of drug-likeness (QED) is 0.866. The van der Waals surface area contributed by atoms with Gasteiger partial charge in [0.05, 0.1) is 24.9 Å². The van der Waals surface area contributed by atoms with E-state index in [4.69, 9.17) is 21.1 Å². The molecule has 1 aliphatic rings. The molecule has 25 heavy (non-hydrogen) atoms. The highest BCUT2D eigenvalue weighted by Gasteiger charge is 2.28. The number of likely N-dealkylation sites (tertiary alicyclic amines) is 1. The van der Waals surface area contributed by atoms with Crippen molar-refractivity contribution in [1.29, 1.82) is 0 Å². The predicted molar refractivity (Wildman–Crippen MR) is 97.3 cm³/mol. The molecule has 6 nitrogen and oxygen atoms in total. The molecule has 1 aliphatic heterocycles. The fraction of sp³-hybridized carbons (Fsp3) is 0.556. The molecule has 138 valence electrons. The van der Waals surface area contributed by atoms with Crippen molar-refractivity contribution in [3.05, 3.63) is 17.2 Å². The summed E-state index contributed by atoms with van der Waals surface area (Å²) in [5.41, 5.74) is 0.523. The Kier molecular flexibility index (Phi) is 6.53. The highest BCUT2D eigenvalue weighted by molar-refractivity contribution is 6.32. The summed E-state index contributed by atoms with van der Waals surface area (Å²) in [5, 5.41) is 3.31. The average Bonchev–Trinajstić information content (AvgIpc) is 2.62. The third-order valence-electron chi connectivity index (χ3n) is 4.40. The van der Waals surface area contributed by atoms with Gasteiger partial charge in [-0.05, 0) is 12.8 Å². The Hall–Kier alpha value is -1.95. The Morgan fingerprint density at radius 3 is 2.28 bits per heavy atom. The molecule has 0 atom stereocenters. The number of hydrogen-bond acceptors (Lipinski definition) is 4. The van der Waals surface area contributed by atoms with E-state index >= 15 is 0 Å². The number of halogens is 1. The van der Waals surface area contributed by atoms with Gasteiger partial charge in [-0.1, -0.05) is 25.4 Å². The maximum Gasteiger partial charge on any atom is 0.227 e. The van der Waals surface area contributed by atoms with E-state index in [0.717, 1.165) is 0 Å². The fourth-order valence-corrected chi connectivity index (χ4v) is 3.15. The van der Waals surface area contributed by atoms with Crippen LogP contribution in [-0.2, 0) is 9.59 Å². The van der Waals surface area contributed by atoms with E-state index in [1.165, 1.54) is 14.2 Å². The summed E-state index contributed by atoms with van der Waals surface area (Å²) in [4.78, 5) is 26.5. The van der Waals surface area contributed by atoms with Crippen molar-refractivity contribution in [2.75, 3.05) is 32.6 Å². The minimum absolute atomic E-state index is 0.0174. The first kappa shape index (κ1) is 19.4. The maximum atomic E-state index is 12.6. The number of rotatable bonds is 5. The van der Waals surface area contributed by atoms with Gasteiger partial charge in [-0.2, -0.15) is 0 Å². The van der Waals surface area contributed by atoms with Gasteiger partial charge in [0.2, 0.25) is 11.8 Å². The van der Waals surface area contributed by atoms with Crippen molar-refractivity contribution >= 4 is 29.1 Å². The van der Waals surface area contributed by atoms with E-state index in [2.05, 4.69) is 5.32 Å². The van der Waals surface area contributed by atoms with Crippen molar-refractivity contribution in [1.82, 2.24) is 4.90 Å². The number of methoxy groups -OCH3 is 2. The average molecular weight is 369 g/mol. The molecule has 0 radical (unpaired) electrons. The van der Waals surface area contributed by atoms with E-state index in [1.807, 2.05) is 18.7 Å². The van der Waals surface area contributed by atoms with Gasteiger partial charge in [0.15, 0.2) is 0 Å². The smallest absolute Gasteiger partial charge is 0.227 e. The van der Waals surface area contributed by atoms with Gasteiger partial charge in [0.1, 0.15) is 11.5 Å². The second-order valence-electron chi connectivity index (χ2n) is 6.43. The van der Waals surface area contributed by atoms with Crippen molar-refractivity contribution < 1.29 is 19.1 Å². The van der Waals surface area contributed by atoms with E-state index < -0.39 is 0 Å². The first-order valence-electron chi connectivity index (χ1n) is 8.38. The lowest BCUT2D eigenvalue weighted by Gasteiger charge is -2.32. The zero-order valence-electron chi connectivity index (χ0n) is 15.1. The van der Waals surface area contributed by atoms with Crippen molar-refractivity contribution in [2.24, 2.45) is 11.8 Å². The highest BCUT2D eigenvalue weighted by atomic mass is 35.5. The van der Waals surface area contributed by atoms with Gasteiger partial charge in [0.25, 0.3) is 0 Å². The third kappa shape index (κ3) is 4.57. The van der Waals surface area contributed by atoms with Crippen LogP contribution < -0.4 is 14.8 Å². The standard InChI is InChI=1S/C18H25ClN2O4/c1-11(2)18(23)21-7-5-12(6-8-21)17(22)20-14-10-15(24-3)13(19)9-16(14)25-4/h9-12H,5-8H2,1-4H3,(H,20,22). The molecule has 0 spiro atoms. The predicted octanol–water partition coefficient (Wildman–Crippen LogP) is 3.19. The third-order valence-corrected chi connectivity index (χ3v) is 4.70. The lowest BCUT2D eigenvalue weighted by atomic mass is 9.95. The maximum absolute atomic E-state index is 12.6. The van der Waals surface area contributed by atoms with Crippen molar-refractivity contribution in [3.63, 3.8) is 0 Å². The minimum atomic E-state index is -0.136. The molecule has 7 heteroatoms. The van der Waals surface area contributed by atoms with E-state index in [-0.39, 0.29) is 23.7 Å². The van der Waals surface area contributed by atoms with Gasteiger partial charge >= 0.3 is 0 Å². The van der Waals surface area contributed by atoms with Gasteiger partial charge < -0.3 is 19.7 Å². The summed E-state index contributed by atoms with van der Waals surface area (Å²) in [6.45, 7) is 5.00. The summed E-state index contributed by atoms with van der Waals surface area (Å²) >= 11 is 6.08. The largest absolute Gasteiger partial charge is 0.495 e. The summed E-state index contributed by atoms with van der Waals surface area (Å²) in [6, 6.07) is 3.26. The molecule has 0 aliphatic carbocycles. The second-order valence-corrected chi connectivity index (χ2v) is 6.84. The SMILES string of the molecule is COc1cc(NC(=O)C2CCN(C(=O)C(C)C)CC2)c(OC)cc1Cl. The molecule has 1 saturated heterocycles. The number of nitrogens with zero attached hydrogens (tertiary/aromatic N) is 1. The Bertz CT molecular complexity index is 640. The number of ether oxygens (including phenoxy) is 2. The molecule has 0 bridgehead atoms. The zero-order chi connectivity index (χ0) is 18.6. The second kappa shape index (κ2) is 8.43. The van der Waals surface area contributed by atoms with Gasteiger partial charge in [-0.15, -0.1) is 0 Å². The molecule has 0 unspecified atom stereocenters. The van der Waals surface area contributed by atoms with Gasteiger partial charge in [-0.25, -0.2) is 0 Å². The lowest BCUT2D eigenvalue weighted by Crippen LogP contribution is -2.43. The molecular formula is C18H25ClN2O4. The van der Waals surface area contributed by atoms with Crippen LogP contribution in [0.1, 0.15) is 26.7 Å². The van der Waals surface area contributed by atoms with Crippen LogP contribution in [0.5, 0.6) is 11.5 Å². The van der Waals surface area contributed by atoms with Crippen LogP contribution in [0.4, 0.5) is 5.69 Å². The fourth-order valence-electron chi connectivity index (χ4n) is 2.92. The van der Waals surface area contributed by atoms with Crippen LogP contribution in [0.15, 0.2) is 12.1 Å². The summed E-state index contributed by atoms with van der Waals surface area (Å²) in [6.07, 6.45) is 1.30. The molecule has 1 heterocycles.